The third-order valence-corrected chi connectivity index (χ3v) is 3.06. The van der Waals surface area contributed by atoms with Crippen LogP contribution in [0.2, 0.25) is 0 Å². The first-order valence-electron chi connectivity index (χ1n) is 3.27. The Morgan fingerprint density at radius 2 is 2.18 bits per heavy atom. The molecule has 1 saturated heterocycles. The second-order valence-corrected chi connectivity index (χ2v) is 4.17. The van der Waals surface area contributed by atoms with Gasteiger partial charge in [0.25, 0.3) is 0 Å². The minimum absolute atomic E-state index is 0.954. The highest BCUT2D eigenvalue weighted by atomic mass is 32.2. The molecular formula is C5H10N2O2S2. The van der Waals surface area contributed by atoms with E-state index in [4.69, 9.17) is 5.11 Å². The number of rotatable bonds is 2. The Kier molecular flexibility index (Phi) is 3.88. The lowest BCUT2D eigenvalue weighted by atomic mass is 10.6. The highest BCUT2D eigenvalue weighted by molar-refractivity contribution is 7.99. The Morgan fingerprint density at radius 3 is 2.73 bits per heavy atom. The molecule has 0 atom stereocenters. The highest BCUT2D eigenvalue weighted by Gasteiger charge is 2.11. The van der Waals surface area contributed by atoms with E-state index in [-0.39, 0.29) is 0 Å². The van der Waals surface area contributed by atoms with Crippen LogP contribution in [0.5, 0.6) is 0 Å². The van der Waals surface area contributed by atoms with Gasteiger partial charge in [0.05, 0.1) is 0 Å². The van der Waals surface area contributed by atoms with Crippen molar-refractivity contribution in [3.8, 4) is 0 Å². The van der Waals surface area contributed by atoms with Crippen molar-refractivity contribution in [2.45, 2.75) is 0 Å². The van der Waals surface area contributed by atoms with Gasteiger partial charge in [-0.3, -0.25) is 4.72 Å². The minimum Gasteiger partial charge on any atom is -0.464 e. The van der Waals surface area contributed by atoms with Gasteiger partial charge in [-0.25, -0.2) is 9.10 Å². The first kappa shape index (κ1) is 9.02. The fourth-order valence-corrected chi connectivity index (χ4v) is 2.45. The number of carbonyl (C=O) groups is 1. The van der Waals surface area contributed by atoms with Crippen LogP contribution < -0.4 is 4.72 Å². The summed E-state index contributed by atoms with van der Waals surface area (Å²) in [6, 6.07) is 0. The number of thioether (sulfide) groups is 1. The fraction of sp³-hybridized carbons (Fsp3) is 0.800. The molecule has 0 bridgehead atoms. The van der Waals surface area contributed by atoms with E-state index in [1.54, 1.807) is 0 Å². The molecule has 0 aromatic carbocycles. The molecule has 0 radical (unpaired) electrons. The molecular weight excluding hydrogens is 184 g/mol. The van der Waals surface area contributed by atoms with Crippen molar-refractivity contribution >= 4 is 30.0 Å². The van der Waals surface area contributed by atoms with E-state index >= 15 is 0 Å². The molecule has 1 aliphatic heterocycles. The zero-order valence-corrected chi connectivity index (χ0v) is 7.58. The van der Waals surface area contributed by atoms with E-state index in [1.165, 1.54) is 12.1 Å². The average Bonchev–Trinajstić information content (AvgIpc) is 2.03. The summed E-state index contributed by atoms with van der Waals surface area (Å²) in [5.74, 6) is 2.18. The van der Waals surface area contributed by atoms with Gasteiger partial charge in [0.2, 0.25) is 0 Å². The SMILES string of the molecule is O=C(O)NSN1CCSCC1. The van der Waals surface area contributed by atoms with E-state index in [1.807, 2.05) is 16.1 Å². The number of nitrogens with zero attached hydrogens (tertiary/aromatic N) is 1. The Morgan fingerprint density at radius 1 is 1.55 bits per heavy atom. The topological polar surface area (TPSA) is 52.6 Å². The van der Waals surface area contributed by atoms with Gasteiger partial charge in [-0.15, -0.1) is 0 Å². The van der Waals surface area contributed by atoms with Crippen molar-refractivity contribution in [1.29, 1.82) is 0 Å². The largest absolute Gasteiger partial charge is 0.464 e. The lowest BCUT2D eigenvalue weighted by molar-refractivity contribution is 0.201. The molecule has 2 N–H and O–H groups in total. The molecule has 0 spiro atoms. The van der Waals surface area contributed by atoms with Crippen LogP contribution in [-0.4, -0.2) is 40.1 Å². The third kappa shape index (κ3) is 3.74. The molecule has 1 aliphatic rings. The van der Waals surface area contributed by atoms with Crippen molar-refractivity contribution in [2.75, 3.05) is 24.6 Å². The number of hydrogen-bond donors (Lipinski definition) is 2. The summed E-state index contributed by atoms with van der Waals surface area (Å²) < 4.78 is 4.28. The second kappa shape index (κ2) is 4.74. The van der Waals surface area contributed by atoms with Crippen molar-refractivity contribution in [3.05, 3.63) is 0 Å². The van der Waals surface area contributed by atoms with Crippen LogP contribution in [0.25, 0.3) is 0 Å². The molecule has 4 nitrogen and oxygen atoms in total. The molecule has 1 amide bonds. The van der Waals surface area contributed by atoms with Crippen molar-refractivity contribution in [1.82, 2.24) is 9.03 Å². The van der Waals surface area contributed by atoms with Crippen LogP contribution in [0.1, 0.15) is 0 Å². The Balaban J connectivity index is 2.09. The average molecular weight is 194 g/mol. The summed E-state index contributed by atoms with van der Waals surface area (Å²) in [6.07, 6.45) is -0.978. The van der Waals surface area contributed by atoms with Gasteiger partial charge in [0, 0.05) is 36.7 Å². The lowest BCUT2D eigenvalue weighted by Gasteiger charge is -2.23. The van der Waals surface area contributed by atoms with Crippen LogP contribution in [0.3, 0.4) is 0 Å². The molecule has 0 aromatic rings. The molecule has 1 heterocycles. The molecule has 0 aromatic heterocycles. The standard InChI is InChI=1S/C5H10N2O2S2/c8-5(9)6-11-7-1-3-10-4-2-7/h6H,1-4H2,(H,8,9). The van der Waals surface area contributed by atoms with Gasteiger partial charge in [0.15, 0.2) is 0 Å². The quantitative estimate of drug-likeness (QED) is 0.639. The van der Waals surface area contributed by atoms with Gasteiger partial charge in [-0.1, -0.05) is 0 Å². The summed E-state index contributed by atoms with van der Waals surface area (Å²) in [6.45, 7) is 1.91. The zero-order valence-electron chi connectivity index (χ0n) is 5.95. The number of nitrogens with one attached hydrogen (secondary N) is 1. The zero-order chi connectivity index (χ0) is 8.10. The molecule has 0 unspecified atom stereocenters. The van der Waals surface area contributed by atoms with Crippen LogP contribution >= 0.6 is 23.9 Å². The van der Waals surface area contributed by atoms with Crippen LogP contribution in [-0.2, 0) is 0 Å². The second-order valence-electron chi connectivity index (χ2n) is 2.04. The number of hydrogen-bond acceptors (Lipinski definition) is 4. The fourth-order valence-electron chi connectivity index (χ4n) is 0.741. The van der Waals surface area contributed by atoms with Crippen LogP contribution in [0.15, 0.2) is 0 Å². The van der Waals surface area contributed by atoms with E-state index in [9.17, 15) is 4.79 Å². The summed E-state index contributed by atoms with van der Waals surface area (Å²) in [7, 11) is 0. The van der Waals surface area contributed by atoms with E-state index in [0.29, 0.717) is 0 Å². The monoisotopic (exact) mass is 194 g/mol. The van der Waals surface area contributed by atoms with Gasteiger partial charge < -0.3 is 5.11 Å². The maximum absolute atomic E-state index is 10.1. The maximum Gasteiger partial charge on any atom is 0.415 e. The molecule has 11 heavy (non-hydrogen) atoms. The van der Waals surface area contributed by atoms with Gasteiger partial charge in [0.1, 0.15) is 0 Å². The summed E-state index contributed by atoms with van der Waals surface area (Å²) in [4.78, 5) is 10.1. The van der Waals surface area contributed by atoms with Gasteiger partial charge >= 0.3 is 6.09 Å². The molecule has 0 aliphatic carbocycles. The van der Waals surface area contributed by atoms with Gasteiger partial charge in [-0.05, 0) is 0 Å². The molecule has 1 fully saturated rings. The van der Waals surface area contributed by atoms with Crippen LogP contribution in [0.4, 0.5) is 4.79 Å². The van der Waals surface area contributed by atoms with E-state index < -0.39 is 6.09 Å². The summed E-state index contributed by atoms with van der Waals surface area (Å²) in [5, 5.41) is 8.28. The van der Waals surface area contributed by atoms with E-state index in [2.05, 4.69) is 4.72 Å². The number of carboxylic acid groups (broad SMARTS) is 1. The highest BCUT2D eigenvalue weighted by Crippen LogP contribution is 2.14. The molecule has 6 heteroatoms. The van der Waals surface area contributed by atoms with Crippen LogP contribution in [0, 0.1) is 0 Å². The molecule has 64 valence electrons. The first-order chi connectivity index (χ1) is 5.29. The first-order valence-corrected chi connectivity index (χ1v) is 5.20. The Bertz CT molecular complexity index is 138. The minimum atomic E-state index is -0.978. The summed E-state index contributed by atoms with van der Waals surface area (Å²) in [5.41, 5.74) is 0. The van der Waals surface area contributed by atoms with Crippen molar-refractivity contribution in [3.63, 3.8) is 0 Å². The lowest BCUT2D eigenvalue weighted by Crippen LogP contribution is -2.30. The normalized spacial score (nSPS) is 19.6. The molecule has 0 saturated carbocycles. The Hall–Kier alpha value is -0.0700. The molecule has 1 rings (SSSR count). The third-order valence-electron chi connectivity index (χ3n) is 1.23. The smallest absolute Gasteiger partial charge is 0.415 e. The predicted octanol–water partition coefficient (Wildman–Crippen LogP) is 0.866. The van der Waals surface area contributed by atoms with Gasteiger partial charge in [-0.2, -0.15) is 11.8 Å². The Labute approximate surface area is 74.0 Å². The summed E-state index contributed by atoms with van der Waals surface area (Å²) >= 11 is 3.08. The number of amides is 1. The predicted molar refractivity (Wildman–Crippen MR) is 47.6 cm³/mol. The maximum atomic E-state index is 10.1. The van der Waals surface area contributed by atoms with Crippen molar-refractivity contribution < 1.29 is 9.90 Å². The van der Waals surface area contributed by atoms with Crippen molar-refractivity contribution in [2.24, 2.45) is 0 Å². The van der Waals surface area contributed by atoms with E-state index in [0.717, 1.165) is 24.6 Å².